The molecule has 0 unspecified atom stereocenters. The Morgan fingerprint density at radius 2 is 1.53 bits per heavy atom. The van der Waals surface area contributed by atoms with Gasteiger partial charge in [0.1, 0.15) is 6.61 Å². The predicted molar refractivity (Wildman–Crippen MR) is 114 cm³/mol. The maximum atomic E-state index is 13.3. The summed E-state index contributed by atoms with van der Waals surface area (Å²) >= 11 is 0. The molecule has 0 N–H and O–H groups in total. The molecule has 0 aliphatic rings. The molecule has 0 spiro atoms. The van der Waals surface area contributed by atoms with E-state index in [1.807, 2.05) is 30.3 Å². The molecule has 9 heteroatoms. The molecule has 0 saturated carbocycles. The molecule has 0 radical (unpaired) electrons. The zero-order valence-corrected chi connectivity index (χ0v) is 18.3. The van der Waals surface area contributed by atoms with Crippen LogP contribution in [0.25, 0.3) is 0 Å². The molecule has 0 aromatic heterocycles. The number of benzene rings is 3. The summed E-state index contributed by atoms with van der Waals surface area (Å²) in [4.78, 5) is -0.787. The largest absolute Gasteiger partial charge is 0.493 e. The van der Waals surface area contributed by atoms with E-state index < -0.39 is 26.7 Å². The van der Waals surface area contributed by atoms with Gasteiger partial charge in [-0.1, -0.05) is 48.5 Å². The van der Waals surface area contributed by atoms with Crippen molar-refractivity contribution in [2.45, 2.75) is 24.2 Å². The van der Waals surface area contributed by atoms with Crippen molar-refractivity contribution in [3.05, 3.63) is 89.5 Å². The molecule has 3 rings (SSSR count). The molecular weight excluding hydrogens is 443 g/mol. The molecule has 0 aliphatic carbocycles. The number of hydrogen-bond donors (Lipinski definition) is 0. The topological polar surface area (TPSA) is 55.8 Å². The second-order valence-corrected chi connectivity index (χ2v) is 9.03. The normalized spacial score (nSPS) is 12.1. The van der Waals surface area contributed by atoms with Gasteiger partial charge in [0.05, 0.1) is 17.6 Å². The third-order valence-electron chi connectivity index (χ3n) is 4.75. The van der Waals surface area contributed by atoms with Crippen LogP contribution in [-0.2, 0) is 29.4 Å². The summed E-state index contributed by atoms with van der Waals surface area (Å²) in [5, 5.41) is 0. The van der Waals surface area contributed by atoms with E-state index in [4.69, 9.17) is 9.47 Å². The lowest BCUT2D eigenvalue weighted by Gasteiger charge is -2.21. The Morgan fingerprint density at radius 3 is 2.19 bits per heavy atom. The molecule has 170 valence electrons. The van der Waals surface area contributed by atoms with E-state index in [-0.39, 0.29) is 6.54 Å². The standard InChI is InChI=1S/C23H22F3NO4S/c1-27(32(28,29)22-11-7-6-10-19(22)23(24,25)26)15-18-12-13-20(21(14-18)30-2)31-16-17-8-4-3-5-9-17/h3-14H,15-16H2,1-2H3. The summed E-state index contributed by atoms with van der Waals surface area (Å²) in [6.07, 6.45) is -4.79. The highest BCUT2D eigenvalue weighted by molar-refractivity contribution is 7.89. The number of halogens is 3. The van der Waals surface area contributed by atoms with Crippen LogP contribution in [0.3, 0.4) is 0 Å². The van der Waals surface area contributed by atoms with Gasteiger partial charge in [0.15, 0.2) is 11.5 Å². The van der Waals surface area contributed by atoms with Crippen LogP contribution >= 0.6 is 0 Å². The van der Waals surface area contributed by atoms with Gasteiger partial charge in [0, 0.05) is 13.6 Å². The fourth-order valence-electron chi connectivity index (χ4n) is 3.10. The van der Waals surface area contributed by atoms with E-state index >= 15 is 0 Å². The van der Waals surface area contributed by atoms with Gasteiger partial charge < -0.3 is 9.47 Å². The monoisotopic (exact) mass is 465 g/mol. The van der Waals surface area contributed by atoms with E-state index in [9.17, 15) is 21.6 Å². The molecule has 0 heterocycles. The van der Waals surface area contributed by atoms with Crippen LogP contribution < -0.4 is 9.47 Å². The van der Waals surface area contributed by atoms with Crippen molar-refractivity contribution in [2.24, 2.45) is 0 Å². The first kappa shape index (κ1) is 23.6. The quantitative estimate of drug-likeness (QED) is 0.464. The summed E-state index contributed by atoms with van der Waals surface area (Å²) < 4.78 is 77.6. The molecule has 0 atom stereocenters. The van der Waals surface area contributed by atoms with Gasteiger partial charge in [0.2, 0.25) is 10.0 Å². The first-order chi connectivity index (χ1) is 15.1. The highest BCUT2D eigenvalue weighted by atomic mass is 32.2. The van der Waals surface area contributed by atoms with E-state index in [1.54, 1.807) is 18.2 Å². The summed E-state index contributed by atoms with van der Waals surface area (Å²) in [7, 11) is -1.70. The Morgan fingerprint density at radius 1 is 0.875 bits per heavy atom. The maximum absolute atomic E-state index is 13.3. The van der Waals surface area contributed by atoms with Crippen LogP contribution in [0.1, 0.15) is 16.7 Å². The third-order valence-corrected chi connectivity index (χ3v) is 6.61. The lowest BCUT2D eigenvalue weighted by atomic mass is 10.2. The molecule has 0 saturated heterocycles. The third kappa shape index (κ3) is 5.41. The van der Waals surface area contributed by atoms with Crippen molar-refractivity contribution in [1.82, 2.24) is 4.31 Å². The van der Waals surface area contributed by atoms with Gasteiger partial charge in [-0.2, -0.15) is 17.5 Å². The van der Waals surface area contributed by atoms with Gasteiger partial charge in [0.25, 0.3) is 0 Å². The van der Waals surface area contributed by atoms with Crippen molar-refractivity contribution in [3.63, 3.8) is 0 Å². The van der Waals surface area contributed by atoms with Crippen molar-refractivity contribution in [3.8, 4) is 11.5 Å². The van der Waals surface area contributed by atoms with Crippen LogP contribution in [0, 0.1) is 0 Å². The molecule has 3 aromatic carbocycles. The summed E-state index contributed by atoms with van der Waals surface area (Å²) in [5.41, 5.74) is 0.298. The van der Waals surface area contributed by atoms with E-state index in [0.717, 1.165) is 28.1 Å². The van der Waals surface area contributed by atoms with Crippen LogP contribution in [0.2, 0.25) is 0 Å². The van der Waals surface area contributed by atoms with Gasteiger partial charge >= 0.3 is 6.18 Å². The fraction of sp³-hybridized carbons (Fsp3) is 0.217. The van der Waals surface area contributed by atoms with Crippen LogP contribution in [-0.4, -0.2) is 26.9 Å². The molecule has 0 aliphatic heterocycles. The summed E-state index contributed by atoms with van der Waals surface area (Å²) in [5.74, 6) is 0.855. The minimum atomic E-state index is -4.79. The number of hydrogen-bond acceptors (Lipinski definition) is 4. The highest BCUT2D eigenvalue weighted by Gasteiger charge is 2.38. The minimum absolute atomic E-state index is 0.149. The summed E-state index contributed by atoms with van der Waals surface area (Å²) in [6, 6.07) is 18.5. The molecule has 0 bridgehead atoms. The van der Waals surface area contributed by atoms with Crippen molar-refractivity contribution in [1.29, 1.82) is 0 Å². The highest BCUT2D eigenvalue weighted by Crippen LogP contribution is 2.35. The Kier molecular flexibility index (Phi) is 7.10. The second kappa shape index (κ2) is 9.62. The van der Waals surface area contributed by atoms with Crippen molar-refractivity contribution in [2.75, 3.05) is 14.2 Å². The first-order valence-corrected chi connectivity index (χ1v) is 11.0. The second-order valence-electron chi connectivity index (χ2n) is 7.01. The number of alkyl halides is 3. The zero-order chi connectivity index (χ0) is 23.4. The molecule has 0 fully saturated rings. The lowest BCUT2D eigenvalue weighted by Crippen LogP contribution is -2.28. The Hall–Kier alpha value is -3.04. The molecular formula is C23H22F3NO4S. The van der Waals surface area contributed by atoms with Crippen LogP contribution in [0.5, 0.6) is 11.5 Å². The molecule has 32 heavy (non-hydrogen) atoms. The molecule has 3 aromatic rings. The first-order valence-electron chi connectivity index (χ1n) is 9.59. The smallest absolute Gasteiger partial charge is 0.417 e. The SMILES string of the molecule is COc1cc(CN(C)S(=O)(=O)c2ccccc2C(F)(F)F)ccc1OCc1ccccc1. The average molecular weight is 465 g/mol. The molecule has 0 amide bonds. The van der Waals surface area contributed by atoms with Crippen molar-refractivity contribution >= 4 is 10.0 Å². The number of nitrogens with zero attached hydrogens (tertiary/aromatic N) is 1. The lowest BCUT2D eigenvalue weighted by molar-refractivity contribution is -0.139. The Labute approximate surface area is 185 Å². The van der Waals surface area contributed by atoms with Crippen molar-refractivity contribution < 1.29 is 31.1 Å². The average Bonchev–Trinajstić information content (AvgIpc) is 2.78. The number of ether oxygens (including phenoxy) is 2. The van der Waals surface area contributed by atoms with Gasteiger partial charge in [-0.25, -0.2) is 8.42 Å². The zero-order valence-electron chi connectivity index (χ0n) is 17.5. The van der Waals surface area contributed by atoms with E-state index in [2.05, 4.69) is 0 Å². The maximum Gasteiger partial charge on any atom is 0.417 e. The van der Waals surface area contributed by atoms with Gasteiger partial charge in [-0.05, 0) is 35.4 Å². The fourth-order valence-corrected chi connectivity index (χ4v) is 4.47. The predicted octanol–water partition coefficient (Wildman–Crippen LogP) is 5.11. The van der Waals surface area contributed by atoms with E-state index in [0.29, 0.717) is 23.7 Å². The number of rotatable bonds is 8. The van der Waals surface area contributed by atoms with Crippen LogP contribution in [0.4, 0.5) is 13.2 Å². The Bertz CT molecular complexity index is 1170. The van der Waals surface area contributed by atoms with E-state index in [1.165, 1.54) is 20.2 Å². The molecule has 5 nitrogen and oxygen atoms in total. The van der Waals surface area contributed by atoms with Crippen LogP contribution in [0.15, 0.2) is 77.7 Å². The summed E-state index contributed by atoms with van der Waals surface area (Å²) in [6.45, 7) is 0.170. The number of methoxy groups -OCH3 is 1. The van der Waals surface area contributed by atoms with Gasteiger partial charge in [-0.15, -0.1) is 0 Å². The number of sulfonamides is 1. The van der Waals surface area contributed by atoms with Gasteiger partial charge in [-0.3, -0.25) is 0 Å². The minimum Gasteiger partial charge on any atom is -0.493 e. The Balaban J connectivity index is 1.80.